The van der Waals surface area contributed by atoms with Crippen LogP contribution >= 0.6 is 0 Å². The topological polar surface area (TPSA) is 71.3 Å². The molecule has 6 nitrogen and oxygen atoms in total. The Kier molecular flexibility index (Phi) is 4.25. The molecule has 0 fully saturated rings. The fourth-order valence-electron chi connectivity index (χ4n) is 1.45. The molecule has 1 amide bonds. The molecule has 2 aromatic rings. The lowest BCUT2D eigenvalue weighted by atomic mass is 10.3. The minimum atomic E-state index is 0.0353. The summed E-state index contributed by atoms with van der Waals surface area (Å²) in [5.41, 5.74) is 0.918. The van der Waals surface area contributed by atoms with E-state index < -0.39 is 0 Å². The molecule has 2 heterocycles. The Balaban J connectivity index is 1.87. The predicted molar refractivity (Wildman–Crippen MR) is 70.1 cm³/mol. The van der Waals surface area contributed by atoms with E-state index in [1.165, 1.54) is 0 Å². The molecule has 0 saturated carbocycles. The van der Waals surface area contributed by atoms with E-state index >= 15 is 0 Å². The molecular formula is C13H16N4O2. The van der Waals surface area contributed by atoms with Crippen molar-refractivity contribution in [3.63, 3.8) is 0 Å². The van der Waals surface area contributed by atoms with Gasteiger partial charge in [-0.05, 0) is 12.1 Å². The Labute approximate surface area is 111 Å². The summed E-state index contributed by atoms with van der Waals surface area (Å²) in [6.07, 6.45) is 5.02. The van der Waals surface area contributed by atoms with Crippen LogP contribution in [0, 0.1) is 0 Å². The predicted octanol–water partition coefficient (Wildman–Crippen LogP) is 0.914. The molecular weight excluding hydrogens is 244 g/mol. The van der Waals surface area contributed by atoms with E-state index in [4.69, 9.17) is 4.42 Å². The van der Waals surface area contributed by atoms with Crippen LogP contribution in [0.3, 0.4) is 0 Å². The van der Waals surface area contributed by atoms with Gasteiger partial charge >= 0.3 is 0 Å². The molecule has 0 aromatic carbocycles. The molecule has 1 N–H and O–H groups in total. The molecule has 0 bridgehead atoms. The van der Waals surface area contributed by atoms with Gasteiger partial charge in [-0.25, -0.2) is 9.97 Å². The zero-order chi connectivity index (χ0) is 13.7. The number of nitrogens with zero attached hydrogens (tertiary/aromatic N) is 3. The van der Waals surface area contributed by atoms with Crippen LogP contribution in [-0.4, -0.2) is 41.4 Å². The van der Waals surface area contributed by atoms with E-state index in [-0.39, 0.29) is 5.91 Å². The first-order valence-electron chi connectivity index (χ1n) is 5.92. The van der Waals surface area contributed by atoms with Crippen molar-refractivity contribution >= 4 is 5.91 Å². The van der Waals surface area contributed by atoms with E-state index in [2.05, 4.69) is 15.3 Å². The van der Waals surface area contributed by atoms with Crippen molar-refractivity contribution < 1.29 is 9.21 Å². The van der Waals surface area contributed by atoms with E-state index in [0.717, 1.165) is 5.56 Å². The van der Waals surface area contributed by atoms with Gasteiger partial charge in [0.15, 0.2) is 11.6 Å². The Bertz CT molecular complexity index is 520. The van der Waals surface area contributed by atoms with Crippen molar-refractivity contribution in [2.24, 2.45) is 0 Å². The zero-order valence-electron chi connectivity index (χ0n) is 11.0. The van der Waals surface area contributed by atoms with Crippen LogP contribution in [0.15, 0.2) is 35.2 Å². The lowest BCUT2D eigenvalue weighted by Crippen LogP contribution is -2.32. The summed E-state index contributed by atoms with van der Waals surface area (Å²) in [6, 6.07) is 3.60. The highest BCUT2D eigenvalue weighted by Gasteiger charge is 2.05. The summed E-state index contributed by atoms with van der Waals surface area (Å²) >= 11 is 0. The number of carbonyl (C=O) groups excluding carboxylic acids is 1. The third kappa shape index (κ3) is 3.62. The Morgan fingerprint density at radius 3 is 2.68 bits per heavy atom. The minimum absolute atomic E-state index is 0.0353. The molecule has 19 heavy (non-hydrogen) atoms. The first kappa shape index (κ1) is 13.2. The van der Waals surface area contributed by atoms with Crippen LogP contribution in [0.25, 0.3) is 11.6 Å². The molecule has 6 heteroatoms. The van der Waals surface area contributed by atoms with Crippen molar-refractivity contribution in [1.29, 1.82) is 0 Å². The number of likely N-dealkylation sites (N-methyl/N-ethyl adjacent to an activating group) is 1. The quantitative estimate of drug-likeness (QED) is 0.865. The number of rotatable bonds is 5. The van der Waals surface area contributed by atoms with Crippen molar-refractivity contribution in [1.82, 2.24) is 20.2 Å². The summed E-state index contributed by atoms with van der Waals surface area (Å²) in [4.78, 5) is 21.3. The SMILES string of the molecule is CN(C)C(=O)CNCc1cnc(-c2ccco2)nc1. The van der Waals surface area contributed by atoms with Crippen molar-refractivity contribution in [2.75, 3.05) is 20.6 Å². The number of hydrogen-bond acceptors (Lipinski definition) is 5. The second kappa shape index (κ2) is 6.10. The average molecular weight is 260 g/mol. The number of aromatic nitrogens is 2. The summed E-state index contributed by atoms with van der Waals surface area (Å²) in [7, 11) is 3.45. The van der Waals surface area contributed by atoms with Crippen LogP contribution in [0.4, 0.5) is 0 Å². The van der Waals surface area contributed by atoms with Crippen LogP contribution in [0.1, 0.15) is 5.56 Å². The van der Waals surface area contributed by atoms with E-state index in [1.807, 2.05) is 6.07 Å². The molecule has 0 saturated heterocycles. The summed E-state index contributed by atoms with van der Waals surface area (Å²) in [5.74, 6) is 1.23. The molecule has 100 valence electrons. The second-order valence-corrected chi connectivity index (χ2v) is 4.28. The van der Waals surface area contributed by atoms with Gasteiger partial charge in [-0.2, -0.15) is 0 Å². The van der Waals surface area contributed by atoms with Crippen LogP contribution in [-0.2, 0) is 11.3 Å². The van der Waals surface area contributed by atoms with Crippen molar-refractivity contribution in [3.05, 3.63) is 36.4 Å². The highest BCUT2D eigenvalue weighted by Crippen LogP contribution is 2.13. The summed E-state index contributed by atoms with van der Waals surface area (Å²) in [5, 5.41) is 3.04. The monoisotopic (exact) mass is 260 g/mol. The highest BCUT2D eigenvalue weighted by molar-refractivity contribution is 5.77. The number of nitrogens with one attached hydrogen (secondary N) is 1. The Morgan fingerprint density at radius 2 is 2.11 bits per heavy atom. The van der Waals surface area contributed by atoms with E-state index in [9.17, 15) is 4.79 Å². The zero-order valence-corrected chi connectivity index (χ0v) is 11.0. The van der Waals surface area contributed by atoms with Crippen LogP contribution in [0.2, 0.25) is 0 Å². The molecule has 0 radical (unpaired) electrons. The van der Waals surface area contributed by atoms with Crippen LogP contribution < -0.4 is 5.32 Å². The van der Waals surface area contributed by atoms with Gasteiger partial charge in [0.25, 0.3) is 0 Å². The van der Waals surface area contributed by atoms with E-state index in [1.54, 1.807) is 43.7 Å². The Hall–Kier alpha value is -2.21. The fourth-order valence-corrected chi connectivity index (χ4v) is 1.45. The summed E-state index contributed by atoms with van der Waals surface area (Å²) in [6.45, 7) is 0.852. The largest absolute Gasteiger partial charge is 0.461 e. The van der Waals surface area contributed by atoms with Gasteiger partial charge in [-0.3, -0.25) is 4.79 Å². The minimum Gasteiger partial charge on any atom is -0.461 e. The standard InChI is InChI=1S/C13H16N4O2/c1-17(2)12(18)9-14-6-10-7-15-13(16-8-10)11-4-3-5-19-11/h3-5,7-8,14H,6,9H2,1-2H3. The molecule has 2 rings (SSSR count). The lowest BCUT2D eigenvalue weighted by Gasteiger charge is -2.10. The van der Waals surface area contributed by atoms with Crippen molar-refractivity contribution in [2.45, 2.75) is 6.54 Å². The molecule has 0 spiro atoms. The first-order valence-corrected chi connectivity index (χ1v) is 5.92. The first-order chi connectivity index (χ1) is 9.16. The maximum atomic E-state index is 11.4. The van der Waals surface area contributed by atoms with Gasteiger partial charge in [0.1, 0.15) is 0 Å². The third-order valence-electron chi connectivity index (χ3n) is 2.55. The molecule has 0 atom stereocenters. The fraction of sp³-hybridized carbons (Fsp3) is 0.308. The van der Waals surface area contributed by atoms with Crippen LogP contribution in [0.5, 0.6) is 0 Å². The number of amides is 1. The maximum Gasteiger partial charge on any atom is 0.236 e. The molecule has 0 unspecified atom stereocenters. The van der Waals surface area contributed by atoms with Gasteiger partial charge in [0.05, 0.1) is 12.8 Å². The average Bonchev–Trinajstić information content (AvgIpc) is 2.93. The highest BCUT2D eigenvalue weighted by atomic mass is 16.3. The third-order valence-corrected chi connectivity index (χ3v) is 2.55. The van der Waals surface area contributed by atoms with Crippen molar-refractivity contribution in [3.8, 4) is 11.6 Å². The van der Waals surface area contributed by atoms with Gasteiger partial charge in [-0.1, -0.05) is 0 Å². The van der Waals surface area contributed by atoms with Gasteiger partial charge < -0.3 is 14.6 Å². The Morgan fingerprint density at radius 1 is 1.37 bits per heavy atom. The smallest absolute Gasteiger partial charge is 0.236 e. The molecule has 0 aliphatic heterocycles. The normalized spacial score (nSPS) is 10.4. The lowest BCUT2D eigenvalue weighted by molar-refractivity contribution is -0.127. The number of carbonyl (C=O) groups is 1. The molecule has 2 aromatic heterocycles. The summed E-state index contributed by atoms with van der Waals surface area (Å²) < 4.78 is 5.21. The van der Waals surface area contributed by atoms with Gasteiger partial charge in [0.2, 0.25) is 5.91 Å². The number of furan rings is 1. The van der Waals surface area contributed by atoms with Gasteiger partial charge in [-0.15, -0.1) is 0 Å². The molecule has 0 aliphatic carbocycles. The van der Waals surface area contributed by atoms with Gasteiger partial charge in [0, 0.05) is 38.6 Å². The second-order valence-electron chi connectivity index (χ2n) is 4.28. The molecule has 0 aliphatic rings. The van der Waals surface area contributed by atoms with E-state index in [0.29, 0.717) is 24.7 Å². The maximum absolute atomic E-state index is 11.4. The number of hydrogen-bond donors (Lipinski definition) is 1.